The number of carbonyl (C=O) groups excluding carboxylic acids is 2. The van der Waals surface area contributed by atoms with E-state index in [2.05, 4.69) is 15.0 Å². The number of esters is 1. The van der Waals surface area contributed by atoms with Gasteiger partial charge in [0.1, 0.15) is 17.7 Å². The molecule has 0 unspecified atom stereocenters. The Morgan fingerprint density at radius 2 is 2.15 bits per heavy atom. The zero-order valence-corrected chi connectivity index (χ0v) is 12.3. The van der Waals surface area contributed by atoms with Gasteiger partial charge in [-0.3, -0.25) is 9.59 Å². The van der Waals surface area contributed by atoms with Gasteiger partial charge in [0.15, 0.2) is 16.6 Å². The van der Waals surface area contributed by atoms with Gasteiger partial charge in [-0.05, 0) is 20.8 Å². The number of thiazole rings is 1. The van der Waals surface area contributed by atoms with E-state index in [0.29, 0.717) is 10.8 Å². The van der Waals surface area contributed by atoms with Crippen LogP contribution >= 0.6 is 11.3 Å². The average molecular weight is 293 g/mol. The van der Waals surface area contributed by atoms with Crippen molar-refractivity contribution >= 4 is 23.1 Å². The Morgan fingerprint density at radius 3 is 2.75 bits per heavy atom. The molecule has 0 bridgehead atoms. The van der Waals surface area contributed by atoms with Gasteiger partial charge in [-0.25, -0.2) is 9.97 Å². The van der Waals surface area contributed by atoms with Crippen LogP contribution in [0.25, 0.3) is 10.8 Å². The topological polar surface area (TPSA) is 84.9 Å². The summed E-state index contributed by atoms with van der Waals surface area (Å²) in [6.45, 7) is 5.27. The van der Waals surface area contributed by atoms with Crippen molar-refractivity contribution in [3.8, 4) is 10.8 Å². The van der Waals surface area contributed by atoms with Gasteiger partial charge in [0.25, 0.3) is 0 Å². The third-order valence-corrected chi connectivity index (χ3v) is 3.06. The maximum atomic E-state index is 11.9. The van der Waals surface area contributed by atoms with E-state index in [0.717, 1.165) is 0 Å². The summed E-state index contributed by atoms with van der Waals surface area (Å²) < 4.78 is 5.11. The number of rotatable bonds is 4. The van der Waals surface area contributed by atoms with Crippen LogP contribution in [0.15, 0.2) is 17.8 Å². The predicted molar refractivity (Wildman–Crippen MR) is 74.5 cm³/mol. The van der Waals surface area contributed by atoms with Crippen LogP contribution in [0.4, 0.5) is 0 Å². The quantitative estimate of drug-likeness (QED) is 0.531. The van der Waals surface area contributed by atoms with Crippen LogP contribution in [0.2, 0.25) is 0 Å². The molecular formula is C13H15N3O3S. The van der Waals surface area contributed by atoms with Crippen LogP contribution in [0, 0.1) is 0 Å². The van der Waals surface area contributed by atoms with Gasteiger partial charge in [-0.1, -0.05) is 0 Å². The second-order valence-corrected chi connectivity index (χ2v) is 6.02. The second-order valence-electron chi connectivity index (χ2n) is 5.16. The first kappa shape index (κ1) is 14.4. The highest BCUT2D eigenvalue weighted by molar-refractivity contribution is 7.13. The van der Waals surface area contributed by atoms with Crippen LogP contribution in [-0.4, -0.2) is 32.3 Å². The predicted octanol–water partition coefficient (Wildman–Crippen LogP) is 2.45. The van der Waals surface area contributed by atoms with Crippen molar-refractivity contribution in [1.29, 1.82) is 0 Å². The summed E-state index contributed by atoms with van der Waals surface area (Å²) in [5.41, 5.74) is -0.342. The summed E-state index contributed by atoms with van der Waals surface area (Å²) in [6, 6.07) is 0. The molecule has 0 aliphatic rings. The molecule has 20 heavy (non-hydrogen) atoms. The summed E-state index contributed by atoms with van der Waals surface area (Å²) >= 11 is 1.30. The number of ether oxygens (including phenoxy) is 1. The van der Waals surface area contributed by atoms with Gasteiger partial charge in [0.2, 0.25) is 0 Å². The third-order valence-electron chi connectivity index (χ3n) is 2.22. The zero-order valence-electron chi connectivity index (χ0n) is 11.5. The first-order valence-electron chi connectivity index (χ1n) is 6.05. The molecule has 106 valence electrons. The van der Waals surface area contributed by atoms with Crippen molar-refractivity contribution in [2.45, 2.75) is 32.8 Å². The molecule has 2 rings (SSSR count). The molecule has 0 atom stereocenters. The fraction of sp³-hybridized carbons (Fsp3) is 0.385. The molecule has 0 radical (unpaired) electrons. The molecule has 0 fully saturated rings. The fourth-order valence-electron chi connectivity index (χ4n) is 1.49. The largest absolute Gasteiger partial charge is 0.460 e. The van der Waals surface area contributed by atoms with Crippen LogP contribution in [-0.2, 0) is 9.53 Å². The van der Waals surface area contributed by atoms with Crippen molar-refractivity contribution in [2.75, 3.05) is 0 Å². The van der Waals surface area contributed by atoms with Gasteiger partial charge >= 0.3 is 5.97 Å². The van der Waals surface area contributed by atoms with Gasteiger partial charge in [-0.2, -0.15) is 0 Å². The molecule has 0 aromatic carbocycles. The van der Waals surface area contributed by atoms with Crippen LogP contribution in [0.1, 0.15) is 37.7 Å². The molecule has 0 saturated carbocycles. The van der Waals surface area contributed by atoms with Crippen LogP contribution in [0.3, 0.4) is 0 Å². The summed E-state index contributed by atoms with van der Waals surface area (Å²) in [5.74, 6) is -0.297. The van der Waals surface area contributed by atoms with E-state index < -0.39 is 11.6 Å². The van der Waals surface area contributed by atoms with Crippen molar-refractivity contribution in [3.05, 3.63) is 23.5 Å². The van der Waals surface area contributed by atoms with Crippen LogP contribution in [0.5, 0.6) is 0 Å². The number of Topliss-reactive ketones (excluding diaryl/α,β-unsaturated/α-hetero) is 1. The average Bonchev–Trinajstić information content (AvgIpc) is 2.97. The number of aromatic amines is 1. The fourth-order valence-corrected chi connectivity index (χ4v) is 2.27. The molecular weight excluding hydrogens is 278 g/mol. The first-order valence-corrected chi connectivity index (χ1v) is 6.93. The molecule has 6 nitrogen and oxygen atoms in total. The molecule has 0 spiro atoms. The monoisotopic (exact) mass is 293 g/mol. The van der Waals surface area contributed by atoms with E-state index in [1.807, 2.05) is 0 Å². The van der Waals surface area contributed by atoms with Crippen LogP contribution < -0.4 is 0 Å². The van der Waals surface area contributed by atoms with Crippen molar-refractivity contribution in [1.82, 2.24) is 15.0 Å². The summed E-state index contributed by atoms with van der Waals surface area (Å²) in [4.78, 5) is 34.7. The maximum absolute atomic E-state index is 11.9. The van der Waals surface area contributed by atoms with E-state index in [-0.39, 0.29) is 17.9 Å². The smallest absolute Gasteiger partial charge is 0.314 e. The Morgan fingerprint density at radius 1 is 1.40 bits per heavy atom. The molecule has 2 heterocycles. The Kier molecular flexibility index (Phi) is 3.99. The Labute approximate surface area is 120 Å². The molecule has 0 aliphatic heterocycles. The minimum Gasteiger partial charge on any atom is -0.460 e. The number of carbonyl (C=O) groups is 2. The molecule has 0 aliphatic carbocycles. The van der Waals surface area contributed by atoms with Crippen molar-refractivity contribution < 1.29 is 14.3 Å². The van der Waals surface area contributed by atoms with Gasteiger partial charge < -0.3 is 9.72 Å². The lowest BCUT2D eigenvalue weighted by atomic mass is 10.2. The molecule has 0 saturated heterocycles. The molecule has 0 amide bonds. The minimum absolute atomic E-state index is 0.257. The van der Waals surface area contributed by atoms with Gasteiger partial charge in [0, 0.05) is 17.8 Å². The van der Waals surface area contributed by atoms with Gasteiger partial charge in [-0.15, -0.1) is 11.3 Å². The van der Waals surface area contributed by atoms with E-state index in [9.17, 15) is 9.59 Å². The third kappa shape index (κ3) is 3.74. The number of aromatic nitrogens is 3. The SMILES string of the molecule is CC(C)(C)OC(=O)CC(=O)c1csc(-c2ncc[nH]2)n1. The van der Waals surface area contributed by atoms with E-state index in [1.54, 1.807) is 38.5 Å². The maximum Gasteiger partial charge on any atom is 0.314 e. The number of nitrogens with one attached hydrogen (secondary N) is 1. The number of imidazole rings is 1. The number of nitrogens with zero attached hydrogens (tertiary/aromatic N) is 2. The molecule has 2 aromatic rings. The first-order chi connectivity index (χ1) is 9.35. The molecule has 7 heteroatoms. The number of ketones is 1. The Bertz CT molecular complexity index is 611. The highest BCUT2D eigenvalue weighted by Gasteiger charge is 2.21. The molecule has 1 N–H and O–H groups in total. The second kappa shape index (κ2) is 5.54. The standard InChI is InChI=1S/C13H15N3O3S/c1-13(2,3)19-10(18)6-9(17)8-7-20-12(16-8)11-14-4-5-15-11/h4-5,7H,6H2,1-3H3,(H,14,15). The van der Waals surface area contributed by atoms with Gasteiger partial charge in [0.05, 0.1) is 0 Å². The van der Waals surface area contributed by atoms with E-state index >= 15 is 0 Å². The van der Waals surface area contributed by atoms with Crippen molar-refractivity contribution in [2.24, 2.45) is 0 Å². The lowest BCUT2D eigenvalue weighted by molar-refractivity contribution is -0.153. The van der Waals surface area contributed by atoms with Crippen molar-refractivity contribution in [3.63, 3.8) is 0 Å². The molecule has 2 aromatic heterocycles. The normalized spacial score (nSPS) is 11.3. The van der Waals surface area contributed by atoms with E-state index in [1.165, 1.54) is 11.3 Å². The number of hydrogen-bond donors (Lipinski definition) is 1. The highest BCUT2D eigenvalue weighted by atomic mass is 32.1. The lowest BCUT2D eigenvalue weighted by Crippen LogP contribution is -2.25. The Balaban J connectivity index is 2.02. The minimum atomic E-state index is -0.598. The highest BCUT2D eigenvalue weighted by Crippen LogP contribution is 2.21. The Hall–Kier alpha value is -2.02. The lowest BCUT2D eigenvalue weighted by Gasteiger charge is -2.18. The summed E-state index contributed by atoms with van der Waals surface area (Å²) in [7, 11) is 0. The number of hydrogen-bond acceptors (Lipinski definition) is 6. The zero-order chi connectivity index (χ0) is 14.8. The number of H-pyrrole nitrogens is 1. The van der Waals surface area contributed by atoms with E-state index in [4.69, 9.17) is 4.74 Å². The summed E-state index contributed by atoms with van der Waals surface area (Å²) in [6.07, 6.45) is 2.98. The summed E-state index contributed by atoms with van der Waals surface area (Å²) in [5, 5.41) is 2.23.